The Bertz CT molecular complexity index is 59.8. The highest BCUT2D eigenvalue weighted by atomic mass is 35.5. The first-order valence-electron chi connectivity index (χ1n) is 1.37. The SMILES string of the molecule is OCC(Cl)=CCl. The Labute approximate surface area is 46.2 Å². The van der Waals surface area contributed by atoms with Crippen LogP contribution in [-0.4, -0.2) is 11.7 Å². The van der Waals surface area contributed by atoms with Crippen molar-refractivity contribution in [2.75, 3.05) is 6.61 Å². The van der Waals surface area contributed by atoms with Gasteiger partial charge in [-0.15, -0.1) is 0 Å². The van der Waals surface area contributed by atoms with Crippen LogP contribution in [0.5, 0.6) is 0 Å². The van der Waals surface area contributed by atoms with Crippen molar-refractivity contribution in [3.63, 3.8) is 0 Å². The maximum atomic E-state index is 8.05. The van der Waals surface area contributed by atoms with E-state index in [1.165, 1.54) is 0 Å². The predicted molar refractivity (Wildman–Crippen MR) is 26.9 cm³/mol. The van der Waals surface area contributed by atoms with Crippen molar-refractivity contribution >= 4 is 23.2 Å². The van der Waals surface area contributed by atoms with E-state index < -0.39 is 0 Å². The van der Waals surface area contributed by atoms with Gasteiger partial charge in [0.1, 0.15) is 0 Å². The Morgan fingerprint density at radius 3 is 2.33 bits per heavy atom. The van der Waals surface area contributed by atoms with E-state index in [2.05, 4.69) is 0 Å². The van der Waals surface area contributed by atoms with Crippen molar-refractivity contribution < 1.29 is 5.11 Å². The van der Waals surface area contributed by atoms with Crippen molar-refractivity contribution in [3.05, 3.63) is 10.6 Å². The third-order valence-electron chi connectivity index (χ3n) is 0.269. The molecule has 0 saturated heterocycles. The minimum Gasteiger partial charge on any atom is -0.391 e. The van der Waals surface area contributed by atoms with Crippen LogP contribution in [0.2, 0.25) is 0 Å². The van der Waals surface area contributed by atoms with Crippen LogP contribution in [0.15, 0.2) is 10.6 Å². The molecule has 0 rings (SSSR count). The Morgan fingerprint density at radius 2 is 2.33 bits per heavy atom. The van der Waals surface area contributed by atoms with Gasteiger partial charge in [-0.2, -0.15) is 0 Å². The molecule has 0 amide bonds. The summed E-state index contributed by atoms with van der Waals surface area (Å²) in [6.45, 7) is -0.176. The molecule has 0 aliphatic heterocycles. The second-order valence-corrected chi connectivity index (χ2v) is 1.42. The molecule has 1 N–H and O–H groups in total. The highest BCUT2D eigenvalue weighted by Gasteiger charge is 1.79. The second kappa shape index (κ2) is 3.47. The summed E-state index contributed by atoms with van der Waals surface area (Å²) in [5.74, 6) is 0. The van der Waals surface area contributed by atoms with Gasteiger partial charge in [-0.05, 0) is 0 Å². The lowest BCUT2D eigenvalue weighted by atomic mass is 10.7. The van der Waals surface area contributed by atoms with Crippen molar-refractivity contribution in [1.29, 1.82) is 0 Å². The van der Waals surface area contributed by atoms with Gasteiger partial charge in [0.05, 0.1) is 11.6 Å². The molecular weight excluding hydrogens is 123 g/mol. The Kier molecular flexibility index (Phi) is 3.63. The van der Waals surface area contributed by atoms with Gasteiger partial charge in [-0.25, -0.2) is 0 Å². The van der Waals surface area contributed by atoms with Crippen LogP contribution < -0.4 is 0 Å². The fourth-order valence-electron chi connectivity index (χ4n) is 0.0345. The predicted octanol–water partition coefficient (Wildman–Crippen LogP) is 1.30. The summed E-state index contributed by atoms with van der Waals surface area (Å²) < 4.78 is 0. The summed E-state index contributed by atoms with van der Waals surface area (Å²) in [6, 6.07) is 0. The average molecular weight is 127 g/mol. The molecule has 0 atom stereocenters. The van der Waals surface area contributed by atoms with Gasteiger partial charge in [-0.3, -0.25) is 0 Å². The zero-order valence-electron chi connectivity index (χ0n) is 2.99. The first kappa shape index (κ1) is 6.28. The average Bonchev–Trinajstić information content (AvgIpc) is 1.65. The summed E-state index contributed by atoms with van der Waals surface area (Å²) in [6.07, 6.45) is 0. The summed E-state index contributed by atoms with van der Waals surface area (Å²) >= 11 is 10.1. The van der Waals surface area contributed by atoms with Gasteiger partial charge in [0, 0.05) is 5.54 Å². The molecule has 0 saturated carbocycles. The van der Waals surface area contributed by atoms with Crippen molar-refractivity contribution in [2.45, 2.75) is 0 Å². The Hall–Kier alpha value is 0.280. The molecule has 6 heavy (non-hydrogen) atoms. The first-order chi connectivity index (χ1) is 2.81. The van der Waals surface area contributed by atoms with Gasteiger partial charge in [0.2, 0.25) is 0 Å². The lowest BCUT2D eigenvalue weighted by molar-refractivity contribution is 0.339. The fourth-order valence-corrected chi connectivity index (χ4v) is 0.104. The molecular formula is C3H4Cl2O. The standard InChI is InChI=1S/C3H4Cl2O/c4-1-3(5)2-6/h1,6H,2H2. The molecule has 0 fully saturated rings. The molecule has 0 unspecified atom stereocenters. The molecule has 0 heterocycles. The topological polar surface area (TPSA) is 20.2 Å². The zero-order chi connectivity index (χ0) is 4.99. The molecule has 0 aromatic carbocycles. The van der Waals surface area contributed by atoms with Gasteiger partial charge in [-0.1, -0.05) is 23.2 Å². The largest absolute Gasteiger partial charge is 0.391 e. The summed E-state index contributed by atoms with van der Waals surface area (Å²) in [7, 11) is 0. The van der Waals surface area contributed by atoms with Gasteiger partial charge < -0.3 is 5.11 Å². The van der Waals surface area contributed by atoms with Gasteiger partial charge in [0.25, 0.3) is 0 Å². The zero-order valence-corrected chi connectivity index (χ0v) is 4.50. The van der Waals surface area contributed by atoms with Crippen molar-refractivity contribution in [2.24, 2.45) is 0 Å². The Balaban J connectivity index is 3.22. The highest BCUT2D eigenvalue weighted by Crippen LogP contribution is 1.98. The molecule has 0 aromatic heterocycles. The van der Waals surface area contributed by atoms with Crippen molar-refractivity contribution in [1.82, 2.24) is 0 Å². The molecule has 3 heteroatoms. The van der Waals surface area contributed by atoms with Crippen molar-refractivity contribution in [3.8, 4) is 0 Å². The quantitative estimate of drug-likeness (QED) is 0.562. The smallest absolute Gasteiger partial charge is 0.0796 e. The van der Waals surface area contributed by atoms with E-state index in [0.717, 1.165) is 5.54 Å². The third kappa shape index (κ3) is 2.51. The van der Waals surface area contributed by atoms with E-state index in [9.17, 15) is 0 Å². The number of halogens is 2. The van der Waals surface area contributed by atoms with Gasteiger partial charge >= 0.3 is 0 Å². The first-order valence-corrected chi connectivity index (χ1v) is 2.18. The maximum Gasteiger partial charge on any atom is 0.0796 e. The van der Waals surface area contributed by atoms with E-state index >= 15 is 0 Å². The van der Waals surface area contributed by atoms with E-state index in [1.807, 2.05) is 0 Å². The molecule has 1 nitrogen and oxygen atoms in total. The molecule has 0 aliphatic carbocycles. The van der Waals surface area contributed by atoms with Crippen LogP contribution in [0, 0.1) is 0 Å². The summed E-state index contributed by atoms with van der Waals surface area (Å²) in [5, 5.41) is 8.31. The second-order valence-electron chi connectivity index (χ2n) is 0.714. The monoisotopic (exact) mass is 126 g/mol. The molecule has 0 aliphatic rings. The molecule has 36 valence electrons. The lowest BCUT2D eigenvalue weighted by Gasteiger charge is -1.79. The minimum absolute atomic E-state index is 0.176. The molecule has 0 bridgehead atoms. The molecule has 0 spiro atoms. The molecule has 0 aromatic rings. The fraction of sp³-hybridized carbons (Fsp3) is 0.333. The third-order valence-corrected chi connectivity index (χ3v) is 0.873. The van der Waals surface area contributed by atoms with E-state index in [4.69, 9.17) is 28.3 Å². The number of aliphatic hydroxyl groups is 1. The van der Waals surface area contributed by atoms with Crippen LogP contribution in [0.1, 0.15) is 0 Å². The van der Waals surface area contributed by atoms with Gasteiger partial charge in [0.15, 0.2) is 0 Å². The van der Waals surface area contributed by atoms with E-state index in [0.29, 0.717) is 0 Å². The normalized spacial score (nSPS) is 12.2. The minimum atomic E-state index is -0.176. The lowest BCUT2D eigenvalue weighted by Crippen LogP contribution is -1.75. The van der Waals surface area contributed by atoms with Crippen LogP contribution in [0.4, 0.5) is 0 Å². The van der Waals surface area contributed by atoms with Crippen LogP contribution in [-0.2, 0) is 0 Å². The number of hydrogen-bond acceptors (Lipinski definition) is 1. The number of aliphatic hydroxyl groups excluding tert-OH is 1. The maximum absolute atomic E-state index is 8.05. The van der Waals surface area contributed by atoms with Crippen LogP contribution in [0.3, 0.4) is 0 Å². The summed E-state index contributed by atoms with van der Waals surface area (Å²) in [4.78, 5) is 0. The van der Waals surface area contributed by atoms with E-state index in [1.54, 1.807) is 0 Å². The van der Waals surface area contributed by atoms with Crippen LogP contribution >= 0.6 is 23.2 Å². The van der Waals surface area contributed by atoms with E-state index in [-0.39, 0.29) is 11.6 Å². The summed E-state index contributed by atoms with van der Waals surface area (Å²) in [5.41, 5.74) is 1.13. The van der Waals surface area contributed by atoms with Crippen LogP contribution in [0.25, 0.3) is 0 Å². The molecule has 0 radical (unpaired) electrons. The number of rotatable bonds is 1. The highest BCUT2D eigenvalue weighted by molar-refractivity contribution is 6.36. The Morgan fingerprint density at radius 1 is 1.83 bits per heavy atom. The number of hydrogen-bond donors (Lipinski definition) is 1.